The van der Waals surface area contributed by atoms with E-state index in [1.54, 1.807) is 30.3 Å². The number of benzene rings is 2. The molecule has 1 heterocycles. The van der Waals surface area contributed by atoms with Crippen molar-refractivity contribution in [3.63, 3.8) is 0 Å². The molecule has 1 saturated heterocycles. The lowest BCUT2D eigenvalue weighted by molar-refractivity contribution is -0.137. The predicted molar refractivity (Wildman–Crippen MR) is 141 cm³/mol. The van der Waals surface area contributed by atoms with Crippen molar-refractivity contribution in [2.75, 3.05) is 25.4 Å². The van der Waals surface area contributed by atoms with Crippen LogP contribution in [0.2, 0.25) is 0 Å². The number of likely N-dealkylation sites (tertiary alicyclic amines) is 1. The smallest absolute Gasteiger partial charge is 0.352 e. The number of hydrogen-bond donors (Lipinski definition) is 2. The fraction of sp³-hybridized carbons (Fsp3) is 0.500. The van der Waals surface area contributed by atoms with Gasteiger partial charge in [-0.3, -0.25) is 9.59 Å². The van der Waals surface area contributed by atoms with Crippen molar-refractivity contribution in [1.82, 2.24) is 15.5 Å². The van der Waals surface area contributed by atoms with Crippen molar-refractivity contribution in [3.8, 4) is 0 Å². The molecule has 0 bridgehead atoms. The van der Waals surface area contributed by atoms with Gasteiger partial charge in [-0.15, -0.1) is 0 Å². The molecule has 7 nitrogen and oxygen atoms in total. The summed E-state index contributed by atoms with van der Waals surface area (Å²) >= 11 is 0. The van der Waals surface area contributed by atoms with Gasteiger partial charge in [0.1, 0.15) is 0 Å². The van der Waals surface area contributed by atoms with Gasteiger partial charge < -0.3 is 15.5 Å². The Morgan fingerprint density at radius 2 is 1.67 bits per heavy atom. The van der Waals surface area contributed by atoms with Crippen LogP contribution in [-0.4, -0.2) is 62.6 Å². The molecule has 2 fully saturated rings. The second kappa shape index (κ2) is 12.5. The molecule has 4 rings (SSSR count). The Morgan fingerprint density at radius 1 is 0.949 bits per heavy atom. The summed E-state index contributed by atoms with van der Waals surface area (Å²) in [5.74, 6) is -1.44. The van der Waals surface area contributed by atoms with E-state index in [1.807, 2.05) is 0 Å². The summed E-state index contributed by atoms with van der Waals surface area (Å²) in [7, 11) is -3.53. The van der Waals surface area contributed by atoms with Gasteiger partial charge in [0.25, 0.3) is 5.91 Å². The van der Waals surface area contributed by atoms with Gasteiger partial charge in [-0.25, -0.2) is 8.42 Å². The number of hydrogen-bond acceptors (Lipinski definition) is 5. The second-order valence-electron chi connectivity index (χ2n) is 10.4. The maximum Gasteiger partial charge on any atom is 0.416 e. The Labute approximate surface area is 227 Å². The Bertz CT molecular complexity index is 1250. The molecule has 0 spiro atoms. The molecule has 1 aliphatic heterocycles. The summed E-state index contributed by atoms with van der Waals surface area (Å²) in [6.07, 6.45) is 0.667. The minimum atomic E-state index is -4.58. The molecular formula is C28H34F3N3O4S. The van der Waals surface area contributed by atoms with E-state index in [0.717, 1.165) is 50.6 Å². The maximum absolute atomic E-state index is 13.2. The van der Waals surface area contributed by atoms with Gasteiger partial charge in [0.05, 0.1) is 22.8 Å². The standard InChI is InChI=1S/C28H34F3N3O4S/c29-28(30,31)22-9-7-8-20(16-22)27(36)32-18-26(35)33-23-12-13-25(34-14-5-2-6-15-34)21(17-23)19-39(37,38)24-10-3-1-4-11-24/h1,3-4,7-11,16,21,23,25H,2,5-6,12-15,17-19H2,(H,32,36)(H,33,35)/t21-,23-,25-/m0/s1. The van der Waals surface area contributed by atoms with Crippen molar-refractivity contribution in [2.24, 2.45) is 5.92 Å². The Balaban J connectivity index is 1.37. The first-order chi connectivity index (χ1) is 18.5. The quantitative estimate of drug-likeness (QED) is 0.504. The first kappa shape index (κ1) is 29.1. The monoisotopic (exact) mass is 565 g/mol. The molecule has 2 N–H and O–H groups in total. The first-order valence-electron chi connectivity index (χ1n) is 13.3. The Morgan fingerprint density at radius 3 is 2.36 bits per heavy atom. The third-order valence-electron chi connectivity index (χ3n) is 7.56. The summed E-state index contributed by atoms with van der Waals surface area (Å²) in [4.78, 5) is 27.7. The van der Waals surface area contributed by atoms with Gasteiger partial charge in [0.2, 0.25) is 5.91 Å². The van der Waals surface area contributed by atoms with Crippen LogP contribution in [0.25, 0.3) is 0 Å². The average Bonchev–Trinajstić information content (AvgIpc) is 2.92. The number of rotatable bonds is 8. The number of nitrogens with one attached hydrogen (secondary N) is 2. The molecule has 1 aliphatic carbocycles. The lowest BCUT2D eigenvalue weighted by atomic mass is 9.81. The summed E-state index contributed by atoms with van der Waals surface area (Å²) in [6, 6.07) is 12.2. The molecule has 3 atom stereocenters. The average molecular weight is 566 g/mol. The molecule has 2 aromatic rings. The van der Waals surface area contributed by atoms with Crippen LogP contribution in [0.4, 0.5) is 13.2 Å². The normalized spacial score (nSPS) is 22.7. The van der Waals surface area contributed by atoms with Crippen LogP contribution in [0.5, 0.6) is 0 Å². The topological polar surface area (TPSA) is 95.6 Å². The van der Waals surface area contributed by atoms with Crippen molar-refractivity contribution >= 4 is 21.7 Å². The number of amides is 2. The molecule has 11 heteroatoms. The fourth-order valence-electron chi connectivity index (χ4n) is 5.67. The van der Waals surface area contributed by atoms with Crippen LogP contribution < -0.4 is 10.6 Å². The molecule has 0 aromatic heterocycles. The zero-order chi connectivity index (χ0) is 28.0. The fourth-order valence-corrected chi connectivity index (χ4v) is 7.36. The Hall–Kier alpha value is -2.92. The van der Waals surface area contributed by atoms with Crippen LogP contribution in [0, 0.1) is 5.92 Å². The number of nitrogens with zero attached hydrogens (tertiary/aromatic N) is 1. The lowest BCUT2D eigenvalue weighted by Gasteiger charge is -2.44. The van der Waals surface area contributed by atoms with Crippen LogP contribution in [0.1, 0.15) is 54.4 Å². The molecular weight excluding hydrogens is 531 g/mol. The number of piperidine rings is 1. The SMILES string of the molecule is O=C(CNC(=O)c1cccc(C(F)(F)F)c1)N[C@H]1CC[C@H](N2CCCCC2)[C@H](CS(=O)(=O)c2ccccc2)C1. The summed E-state index contributed by atoms with van der Waals surface area (Å²) in [5.41, 5.74) is -1.13. The van der Waals surface area contributed by atoms with E-state index in [1.165, 1.54) is 12.5 Å². The molecule has 2 aliphatic rings. The van der Waals surface area contributed by atoms with Crippen LogP contribution in [-0.2, 0) is 20.8 Å². The number of halogens is 3. The minimum absolute atomic E-state index is 0.0170. The maximum atomic E-state index is 13.2. The third kappa shape index (κ3) is 7.82. The van der Waals surface area contributed by atoms with E-state index < -0.39 is 39.9 Å². The van der Waals surface area contributed by atoms with E-state index >= 15 is 0 Å². The summed E-state index contributed by atoms with van der Waals surface area (Å²) in [5, 5.41) is 5.27. The van der Waals surface area contributed by atoms with Crippen molar-refractivity contribution < 1.29 is 31.2 Å². The van der Waals surface area contributed by atoms with E-state index in [2.05, 4.69) is 15.5 Å². The molecule has 2 amide bonds. The number of alkyl halides is 3. The number of carbonyl (C=O) groups is 2. The molecule has 39 heavy (non-hydrogen) atoms. The lowest BCUT2D eigenvalue weighted by Crippen LogP contribution is -2.52. The predicted octanol–water partition coefficient (Wildman–Crippen LogP) is 4.05. The van der Waals surface area contributed by atoms with Gasteiger partial charge in [0, 0.05) is 17.6 Å². The van der Waals surface area contributed by atoms with Crippen LogP contribution in [0.3, 0.4) is 0 Å². The molecule has 0 unspecified atom stereocenters. The van der Waals surface area contributed by atoms with Gasteiger partial charge in [-0.05, 0) is 81.4 Å². The van der Waals surface area contributed by atoms with Gasteiger partial charge in [0.15, 0.2) is 9.84 Å². The highest BCUT2D eigenvalue weighted by atomic mass is 32.2. The number of carbonyl (C=O) groups excluding carboxylic acids is 2. The van der Waals surface area contributed by atoms with Crippen LogP contribution in [0.15, 0.2) is 59.5 Å². The van der Waals surface area contributed by atoms with Crippen molar-refractivity contribution in [3.05, 3.63) is 65.7 Å². The summed E-state index contributed by atoms with van der Waals surface area (Å²) in [6.45, 7) is 1.48. The molecule has 1 saturated carbocycles. The zero-order valence-electron chi connectivity index (χ0n) is 21.6. The largest absolute Gasteiger partial charge is 0.416 e. The molecule has 212 valence electrons. The number of sulfone groups is 1. The summed E-state index contributed by atoms with van der Waals surface area (Å²) < 4.78 is 65.3. The Kier molecular flexibility index (Phi) is 9.32. The highest BCUT2D eigenvalue weighted by molar-refractivity contribution is 7.91. The van der Waals surface area contributed by atoms with Gasteiger partial charge >= 0.3 is 6.18 Å². The zero-order valence-corrected chi connectivity index (χ0v) is 22.4. The first-order valence-corrected chi connectivity index (χ1v) is 14.9. The van der Waals surface area contributed by atoms with E-state index in [-0.39, 0.29) is 34.2 Å². The molecule has 2 aromatic carbocycles. The highest BCUT2D eigenvalue weighted by Gasteiger charge is 2.38. The van der Waals surface area contributed by atoms with Gasteiger partial charge in [-0.2, -0.15) is 13.2 Å². The van der Waals surface area contributed by atoms with E-state index in [9.17, 15) is 31.2 Å². The highest BCUT2D eigenvalue weighted by Crippen LogP contribution is 2.33. The minimum Gasteiger partial charge on any atom is -0.352 e. The van der Waals surface area contributed by atoms with Crippen molar-refractivity contribution in [2.45, 2.75) is 61.7 Å². The van der Waals surface area contributed by atoms with E-state index in [4.69, 9.17) is 0 Å². The second-order valence-corrected chi connectivity index (χ2v) is 12.4. The van der Waals surface area contributed by atoms with Crippen LogP contribution >= 0.6 is 0 Å². The molecule has 0 radical (unpaired) electrons. The van der Waals surface area contributed by atoms with E-state index in [0.29, 0.717) is 12.8 Å². The van der Waals surface area contributed by atoms with Crippen molar-refractivity contribution in [1.29, 1.82) is 0 Å². The third-order valence-corrected chi connectivity index (χ3v) is 9.42. The van der Waals surface area contributed by atoms with Gasteiger partial charge in [-0.1, -0.05) is 30.7 Å².